The molecule has 0 aromatic carbocycles. The first kappa shape index (κ1) is 14.3. The van der Waals surface area contributed by atoms with Gasteiger partial charge in [0.15, 0.2) is 4.34 Å². The predicted molar refractivity (Wildman–Crippen MR) is 79.4 cm³/mol. The van der Waals surface area contributed by atoms with Crippen LogP contribution in [0.2, 0.25) is 0 Å². The fourth-order valence-electron chi connectivity index (χ4n) is 2.63. The maximum absolute atomic E-state index is 4.25. The first-order valence-corrected chi connectivity index (χ1v) is 8.42. The summed E-state index contributed by atoms with van der Waals surface area (Å²) < 4.78 is 1.12. The van der Waals surface area contributed by atoms with Crippen LogP contribution in [0.15, 0.2) is 4.34 Å². The maximum atomic E-state index is 4.25. The molecule has 0 bridgehead atoms. The Morgan fingerprint density at radius 3 is 2.83 bits per heavy atom. The molecule has 18 heavy (non-hydrogen) atoms. The fourth-order valence-corrected chi connectivity index (χ4v) is 5.15. The van der Waals surface area contributed by atoms with E-state index in [4.69, 9.17) is 0 Å². The normalized spacial score (nSPS) is 26.7. The number of rotatable bonds is 5. The summed E-state index contributed by atoms with van der Waals surface area (Å²) in [6.45, 7) is 10.1. The molecule has 3 nitrogen and oxygen atoms in total. The molecule has 2 atom stereocenters. The van der Waals surface area contributed by atoms with Gasteiger partial charge in [0.2, 0.25) is 0 Å². The van der Waals surface area contributed by atoms with Crippen LogP contribution in [0, 0.1) is 12.3 Å². The Balaban J connectivity index is 2.02. The third kappa shape index (κ3) is 3.25. The Kier molecular flexibility index (Phi) is 4.67. The zero-order chi connectivity index (χ0) is 13.2. The van der Waals surface area contributed by atoms with E-state index < -0.39 is 0 Å². The minimum atomic E-state index is 0.395. The van der Waals surface area contributed by atoms with E-state index in [1.165, 1.54) is 19.3 Å². The third-order valence-electron chi connectivity index (χ3n) is 3.66. The van der Waals surface area contributed by atoms with Crippen LogP contribution in [0.4, 0.5) is 0 Å². The standard InChI is InChI=1S/C13H23N3S2/c1-5-8-14-11-10(6-7-13(11,3)4)18-12-16-15-9(2)17-12/h10-11,14H,5-8H2,1-4H3. The highest BCUT2D eigenvalue weighted by Gasteiger charge is 2.42. The lowest BCUT2D eigenvalue weighted by atomic mass is 9.87. The van der Waals surface area contributed by atoms with E-state index in [0.717, 1.165) is 15.9 Å². The Morgan fingerprint density at radius 1 is 1.44 bits per heavy atom. The average molecular weight is 285 g/mol. The van der Waals surface area contributed by atoms with E-state index in [0.29, 0.717) is 16.7 Å². The van der Waals surface area contributed by atoms with Crippen LogP contribution in [-0.2, 0) is 0 Å². The molecule has 1 aromatic heterocycles. The highest BCUT2D eigenvalue weighted by atomic mass is 32.2. The number of nitrogens with zero attached hydrogens (tertiary/aromatic N) is 2. The highest BCUT2D eigenvalue weighted by molar-refractivity contribution is 8.01. The van der Waals surface area contributed by atoms with Gasteiger partial charge in [0.25, 0.3) is 0 Å². The van der Waals surface area contributed by atoms with Crippen LogP contribution in [-0.4, -0.2) is 28.0 Å². The van der Waals surface area contributed by atoms with E-state index in [2.05, 4.69) is 36.3 Å². The van der Waals surface area contributed by atoms with Gasteiger partial charge in [-0.2, -0.15) is 0 Å². The summed E-state index contributed by atoms with van der Waals surface area (Å²) in [6.07, 6.45) is 3.77. The Morgan fingerprint density at radius 2 is 2.22 bits per heavy atom. The molecule has 2 unspecified atom stereocenters. The van der Waals surface area contributed by atoms with Crippen molar-refractivity contribution in [1.82, 2.24) is 15.5 Å². The van der Waals surface area contributed by atoms with Crippen molar-refractivity contribution in [2.45, 2.75) is 62.6 Å². The van der Waals surface area contributed by atoms with Crippen LogP contribution in [0.5, 0.6) is 0 Å². The van der Waals surface area contributed by atoms with E-state index in [9.17, 15) is 0 Å². The largest absolute Gasteiger partial charge is 0.312 e. The van der Waals surface area contributed by atoms with Crippen molar-refractivity contribution in [3.63, 3.8) is 0 Å². The van der Waals surface area contributed by atoms with Gasteiger partial charge in [0.05, 0.1) is 0 Å². The summed E-state index contributed by atoms with van der Waals surface area (Å²) in [5, 5.41) is 13.8. The van der Waals surface area contributed by atoms with Gasteiger partial charge in [-0.1, -0.05) is 43.9 Å². The van der Waals surface area contributed by atoms with Gasteiger partial charge in [-0.05, 0) is 38.1 Å². The quantitative estimate of drug-likeness (QED) is 0.898. The van der Waals surface area contributed by atoms with E-state index >= 15 is 0 Å². The second-order valence-electron chi connectivity index (χ2n) is 5.70. The van der Waals surface area contributed by atoms with Gasteiger partial charge >= 0.3 is 0 Å². The molecule has 1 aliphatic rings. The molecule has 1 aliphatic carbocycles. The lowest BCUT2D eigenvalue weighted by Crippen LogP contribution is -2.43. The van der Waals surface area contributed by atoms with Crippen LogP contribution < -0.4 is 5.32 Å². The second kappa shape index (κ2) is 5.88. The van der Waals surface area contributed by atoms with Crippen LogP contribution in [0.25, 0.3) is 0 Å². The van der Waals surface area contributed by atoms with E-state index in [1.807, 2.05) is 18.7 Å². The number of nitrogens with one attached hydrogen (secondary N) is 1. The minimum Gasteiger partial charge on any atom is -0.312 e. The molecule has 0 radical (unpaired) electrons. The molecule has 5 heteroatoms. The molecule has 2 rings (SSSR count). The third-order valence-corrected chi connectivity index (χ3v) is 5.93. The van der Waals surface area contributed by atoms with Crippen molar-refractivity contribution < 1.29 is 0 Å². The first-order chi connectivity index (χ1) is 8.53. The number of aromatic nitrogens is 2. The summed E-state index contributed by atoms with van der Waals surface area (Å²) in [5.41, 5.74) is 0.395. The average Bonchev–Trinajstić information content (AvgIpc) is 2.82. The molecule has 1 N–H and O–H groups in total. The molecule has 0 amide bonds. The number of hydrogen-bond donors (Lipinski definition) is 1. The summed E-state index contributed by atoms with van der Waals surface area (Å²) >= 11 is 3.63. The number of thioether (sulfide) groups is 1. The lowest BCUT2D eigenvalue weighted by Gasteiger charge is -2.31. The van der Waals surface area contributed by atoms with Crippen molar-refractivity contribution in [2.24, 2.45) is 5.41 Å². The summed E-state index contributed by atoms with van der Waals surface area (Å²) in [5.74, 6) is 0. The molecular weight excluding hydrogens is 262 g/mol. The summed E-state index contributed by atoms with van der Waals surface area (Å²) in [7, 11) is 0. The molecule has 0 spiro atoms. The molecule has 1 saturated carbocycles. The smallest absolute Gasteiger partial charge is 0.174 e. The molecule has 0 aliphatic heterocycles. The summed E-state index contributed by atoms with van der Waals surface area (Å²) in [6, 6.07) is 0.589. The van der Waals surface area contributed by atoms with Crippen molar-refractivity contribution >= 4 is 23.1 Å². The van der Waals surface area contributed by atoms with Gasteiger partial charge < -0.3 is 5.32 Å². The topological polar surface area (TPSA) is 37.8 Å². The van der Waals surface area contributed by atoms with Crippen molar-refractivity contribution in [1.29, 1.82) is 0 Å². The molecular formula is C13H23N3S2. The zero-order valence-corrected chi connectivity index (χ0v) is 13.3. The molecule has 1 heterocycles. The predicted octanol–water partition coefficient (Wildman–Crippen LogP) is 3.50. The van der Waals surface area contributed by atoms with Gasteiger partial charge in [0.1, 0.15) is 5.01 Å². The van der Waals surface area contributed by atoms with Crippen LogP contribution in [0.1, 0.15) is 45.0 Å². The highest BCUT2D eigenvalue weighted by Crippen LogP contribution is 2.45. The van der Waals surface area contributed by atoms with E-state index in [1.54, 1.807) is 11.3 Å². The van der Waals surface area contributed by atoms with Gasteiger partial charge in [-0.3, -0.25) is 0 Å². The van der Waals surface area contributed by atoms with Crippen molar-refractivity contribution in [3.05, 3.63) is 5.01 Å². The van der Waals surface area contributed by atoms with Crippen molar-refractivity contribution in [2.75, 3.05) is 6.54 Å². The SMILES string of the molecule is CCCNC1C(Sc2nnc(C)s2)CCC1(C)C. The monoisotopic (exact) mass is 285 g/mol. The lowest BCUT2D eigenvalue weighted by molar-refractivity contribution is 0.287. The van der Waals surface area contributed by atoms with Crippen LogP contribution in [0.3, 0.4) is 0 Å². The summed E-state index contributed by atoms with van der Waals surface area (Å²) in [4.78, 5) is 0. The maximum Gasteiger partial charge on any atom is 0.174 e. The van der Waals surface area contributed by atoms with Crippen molar-refractivity contribution in [3.8, 4) is 0 Å². The van der Waals surface area contributed by atoms with Gasteiger partial charge in [-0.25, -0.2) is 0 Å². The Labute approximate surface area is 118 Å². The number of hydrogen-bond acceptors (Lipinski definition) is 5. The number of aryl methyl sites for hydroxylation is 1. The van der Waals surface area contributed by atoms with E-state index in [-0.39, 0.29) is 0 Å². The van der Waals surface area contributed by atoms with Gasteiger partial charge in [-0.15, -0.1) is 10.2 Å². The van der Waals surface area contributed by atoms with Gasteiger partial charge in [0, 0.05) is 11.3 Å². The zero-order valence-electron chi connectivity index (χ0n) is 11.7. The Bertz CT molecular complexity index is 389. The second-order valence-corrected chi connectivity index (χ2v) is 8.37. The molecule has 0 saturated heterocycles. The molecule has 102 valence electrons. The first-order valence-electron chi connectivity index (χ1n) is 6.73. The molecule has 1 aromatic rings. The minimum absolute atomic E-state index is 0.395. The Hall–Kier alpha value is -0.130. The van der Waals surface area contributed by atoms with Crippen LogP contribution >= 0.6 is 23.1 Å². The molecule has 1 fully saturated rings. The fraction of sp³-hybridized carbons (Fsp3) is 0.846.